The second-order valence-corrected chi connectivity index (χ2v) is 8.95. The molecule has 0 radical (unpaired) electrons. The third kappa shape index (κ3) is 4.40. The molecule has 1 fully saturated rings. The first-order chi connectivity index (χ1) is 11.9. The van der Waals surface area contributed by atoms with Crippen molar-refractivity contribution >= 4 is 33.2 Å². The zero-order valence-electron chi connectivity index (χ0n) is 14.1. The number of carbonyl (C=O) groups excluding carboxylic acids is 1. The number of rotatable bonds is 7. The van der Waals surface area contributed by atoms with E-state index in [0.29, 0.717) is 11.6 Å². The fourth-order valence-corrected chi connectivity index (χ4v) is 3.96. The van der Waals surface area contributed by atoms with Crippen LogP contribution < -0.4 is 5.32 Å². The van der Waals surface area contributed by atoms with E-state index < -0.39 is 9.84 Å². The Morgan fingerprint density at radius 2 is 2.12 bits per heavy atom. The molecule has 7 nitrogen and oxygen atoms in total. The van der Waals surface area contributed by atoms with Gasteiger partial charge >= 0.3 is 0 Å². The number of nitrogens with zero attached hydrogens (tertiary/aromatic N) is 3. The van der Waals surface area contributed by atoms with E-state index in [0.717, 1.165) is 36.6 Å². The van der Waals surface area contributed by atoms with Gasteiger partial charge in [0.25, 0.3) is 0 Å². The van der Waals surface area contributed by atoms with Crippen molar-refractivity contribution in [2.75, 3.05) is 17.3 Å². The van der Waals surface area contributed by atoms with Crippen molar-refractivity contribution in [2.45, 2.75) is 42.3 Å². The Morgan fingerprint density at radius 3 is 2.76 bits per heavy atom. The van der Waals surface area contributed by atoms with Gasteiger partial charge in [0, 0.05) is 24.4 Å². The van der Waals surface area contributed by atoms with E-state index in [1.54, 1.807) is 12.1 Å². The van der Waals surface area contributed by atoms with E-state index in [1.807, 2.05) is 6.92 Å². The van der Waals surface area contributed by atoms with Crippen LogP contribution in [0.4, 0.5) is 5.69 Å². The number of anilines is 1. The van der Waals surface area contributed by atoms with Crippen LogP contribution in [0.2, 0.25) is 0 Å². The number of hydrogen-bond acceptors (Lipinski definition) is 6. The quantitative estimate of drug-likeness (QED) is 0.741. The van der Waals surface area contributed by atoms with Crippen molar-refractivity contribution < 1.29 is 13.2 Å². The zero-order valence-corrected chi connectivity index (χ0v) is 15.7. The Balaban J connectivity index is 1.62. The zero-order chi connectivity index (χ0) is 18.0. The minimum absolute atomic E-state index is 0.178. The van der Waals surface area contributed by atoms with E-state index in [9.17, 15) is 13.2 Å². The molecule has 0 unspecified atom stereocenters. The molecule has 1 aliphatic rings. The van der Waals surface area contributed by atoms with Gasteiger partial charge < -0.3 is 9.88 Å². The highest BCUT2D eigenvalue weighted by Crippen LogP contribution is 2.39. The van der Waals surface area contributed by atoms with Crippen LogP contribution in [0.3, 0.4) is 0 Å². The highest BCUT2D eigenvalue weighted by Gasteiger charge is 2.30. The molecular formula is C16H20N4O3S2. The van der Waals surface area contributed by atoms with E-state index in [2.05, 4.69) is 20.1 Å². The van der Waals surface area contributed by atoms with Crippen LogP contribution in [0.25, 0.3) is 0 Å². The van der Waals surface area contributed by atoms with E-state index in [4.69, 9.17) is 0 Å². The second-order valence-electron chi connectivity index (χ2n) is 6.00. The van der Waals surface area contributed by atoms with Gasteiger partial charge in [-0.1, -0.05) is 17.8 Å². The van der Waals surface area contributed by atoms with Gasteiger partial charge in [0.15, 0.2) is 15.0 Å². The summed E-state index contributed by atoms with van der Waals surface area (Å²) in [7, 11) is -3.30. The van der Waals surface area contributed by atoms with Crippen molar-refractivity contribution in [2.24, 2.45) is 0 Å². The van der Waals surface area contributed by atoms with Gasteiger partial charge in [0.05, 0.1) is 10.6 Å². The van der Waals surface area contributed by atoms with Crippen molar-refractivity contribution in [3.63, 3.8) is 0 Å². The first-order valence-electron chi connectivity index (χ1n) is 8.04. The highest BCUT2D eigenvalue weighted by atomic mass is 32.2. The molecule has 25 heavy (non-hydrogen) atoms. The molecule has 1 aromatic heterocycles. The smallest absolute Gasteiger partial charge is 0.234 e. The minimum atomic E-state index is -3.30. The van der Waals surface area contributed by atoms with E-state index in [1.165, 1.54) is 23.9 Å². The Morgan fingerprint density at radius 1 is 1.36 bits per heavy atom. The van der Waals surface area contributed by atoms with E-state index in [-0.39, 0.29) is 16.6 Å². The molecule has 1 N–H and O–H groups in total. The normalized spacial score (nSPS) is 14.5. The number of nitrogens with one attached hydrogen (secondary N) is 1. The summed E-state index contributed by atoms with van der Waals surface area (Å²) in [6.45, 7) is 2.81. The molecule has 1 heterocycles. The van der Waals surface area contributed by atoms with Gasteiger partial charge in [-0.15, -0.1) is 10.2 Å². The van der Waals surface area contributed by atoms with Crippen LogP contribution in [-0.2, 0) is 21.2 Å². The summed E-state index contributed by atoms with van der Waals surface area (Å²) in [5.41, 5.74) is 0.462. The predicted molar refractivity (Wildman–Crippen MR) is 96.6 cm³/mol. The first kappa shape index (κ1) is 17.9. The molecule has 9 heteroatoms. The lowest BCUT2D eigenvalue weighted by molar-refractivity contribution is -0.113. The van der Waals surface area contributed by atoms with Gasteiger partial charge in [-0.2, -0.15) is 0 Å². The second kappa shape index (κ2) is 7.17. The topological polar surface area (TPSA) is 94.0 Å². The summed E-state index contributed by atoms with van der Waals surface area (Å²) in [6, 6.07) is 6.23. The van der Waals surface area contributed by atoms with Gasteiger partial charge in [0.1, 0.15) is 5.82 Å². The van der Waals surface area contributed by atoms with Crippen LogP contribution in [0, 0.1) is 0 Å². The Bertz CT molecular complexity index is 889. The maximum Gasteiger partial charge on any atom is 0.234 e. The van der Waals surface area contributed by atoms with Crippen LogP contribution in [-0.4, -0.2) is 41.1 Å². The average molecular weight is 380 g/mol. The SMILES string of the molecule is CCn1c(SCC(=O)Nc2cccc(S(C)(=O)=O)c2)nnc1C1CC1. The monoisotopic (exact) mass is 380 g/mol. The lowest BCUT2D eigenvalue weighted by Crippen LogP contribution is -2.15. The maximum absolute atomic E-state index is 12.2. The lowest BCUT2D eigenvalue weighted by atomic mass is 10.3. The first-order valence-corrected chi connectivity index (χ1v) is 10.9. The fraction of sp³-hybridized carbons (Fsp3) is 0.438. The Kier molecular flexibility index (Phi) is 5.14. The summed E-state index contributed by atoms with van der Waals surface area (Å²) in [6.07, 6.45) is 3.44. The predicted octanol–water partition coefficient (Wildman–Crippen LogP) is 2.31. The minimum Gasteiger partial charge on any atom is -0.325 e. The highest BCUT2D eigenvalue weighted by molar-refractivity contribution is 7.99. The number of sulfone groups is 1. The van der Waals surface area contributed by atoms with Crippen molar-refractivity contribution in [3.05, 3.63) is 30.1 Å². The summed E-state index contributed by atoms with van der Waals surface area (Å²) >= 11 is 1.33. The van der Waals surface area contributed by atoms with Crippen LogP contribution in [0.15, 0.2) is 34.3 Å². The van der Waals surface area contributed by atoms with E-state index >= 15 is 0 Å². The number of carbonyl (C=O) groups is 1. The number of benzene rings is 1. The number of aromatic nitrogens is 3. The van der Waals surface area contributed by atoms with Gasteiger partial charge in [-0.05, 0) is 38.0 Å². The van der Waals surface area contributed by atoms with Crippen LogP contribution in [0.5, 0.6) is 0 Å². The largest absolute Gasteiger partial charge is 0.325 e. The summed E-state index contributed by atoms with van der Waals surface area (Å²) < 4.78 is 25.2. The molecule has 1 saturated carbocycles. The standard InChI is InChI=1S/C16H20N4O3S2/c1-3-20-15(11-7-8-11)18-19-16(20)24-10-14(21)17-12-5-4-6-13(9-12)25(2,22)23/h4-6,9,11H,3,7-8,10H2,1-2H3,(H,17,21). The summed E-state index contributed by atoms with van der Waals surface area (Å²) in [4.78, 5) is 12.3. The van der Waals surface area contributed by atoms with Gasteiger partial charge in [-0.25, -0.2) is 8.42 Å². The maximum atomic E-state index is 12.2. The van der Waals surface area contributed by atoms with Crippen molar-refractivity contribution in [1.82, 2.24) is 14.8 Å². The molecule has 0 spiro atoms. The Labute approximate surface area is 151 Å². The van der Waals surface area contributed by atoms with Crippen molar-refractivity contribution in [3.8, 4) is 0 Å². The molecule has 0 aliphatic heterocycles. The molecule has 1 aliphatic carbocycles. The molecule has 1 aromatic carbocycles. The van der Waals surface area contributed by atoms with Crippen LogP contribution in [0.1, 0.15) is 31.5 Å². The molecule has 134 valence electrons. The molecule has 0 bridgehead atoms. The molecule has 0 atom stereocenters. The molecule has 3 rings (SSSR count). The number of thioether (sulfide) groups is 1. The Hall–Kier alpha value is -1.87. The van der Waals surface area contributed by atoms with Crippen molar-refractivity contribution in [1.29, 1.82) is 0 Å². The molecule has 1 amide bonds. The summed E-state index contributed by atoms with van der Waals surface area (Å²) in [5, 5.41) is 11.9. The third-order valence-corrected chi connectivity index (χ3v) is 5.96. The fourth-order valence-electron chi connectivity index (χ4n) is 2.48. The lowest BCUT2D eigenvalue weighted by Gasteiger charge is -2.08. The summed E-state index contributed by atoms with van der Waals surface area (Å²) in [5.74, 6) is 1.49. The van der Waals surface area contributed by atoms with Gasteiger partial charge in [-0.3, -0.25) is 4.79 Å². The third-order valence-electron chi connectivity index (χ3n) is 3.88. The van der Waals surface area contributed by atoms with Crippen LogP contribution >= 0.6 is 11.8 Å². The average Bonchev–Trinajstić information content (AvgIpc) is 3.32. The van der Waals surface area contributed by atoms with Gasteiger partial charge in [0.2, 0.25) is 5.91 Å². The molecule has 2 aromatic rings. The number of hydrogen-bond donors (Lipinski definition) is 1. The number of amides is 1. The molecule has 0 saturated heterocycles. The molecular weight excluding hydrogens is 360 g/mol.